The van der Waals surface area contributed by atoms with Gasteiger partial charge in [-0.2, -0.15) is 0 Å². The second-order valence-corrected chi connectivity index (χ2v) is 4.37. The molecule has 4 amide bonds. The first-order valence-electron chi connectivity index (χ1n) is 6.02. The van der Waals surface area contributed by atoms with Crippen LogP contribution < -0.4 is 11.1 Å². The Labute approximate surface area is 114 Å². The number of hydrogen-bond donors (Lipinski definition) is 2. The van der Waals surface area contributed by atoms with Crippen LogP contribution in [0.1, 0.15) is 12.8 Å². The first-order valence-corrected chi connectivity index (χ1v) is 6.02. The number of imide groups is 2. The molecule has 2 aliphatic heterocycles. The summed E-state index contributed by atoms with van der Waals surface area (Å²) >= 11 is 0. The number of rotatable bonds is 1. The highest BCUT2D eigenvalue weighted by atomic mass is 16.2. The highest BCUT2D eigenvalue weighted by Gasteiger charge is 2.36. The van der Waals surface area contributed by atoms with Crippen LogP contribution >= 0.6 is 0 Å². The number of hydrogen-bond acceptors (Lipinski definition) is 5. The smallest absolute Gasteiger partial charge is 0.254 e. The van der Waals surface area contributed by atoms with E-state index in [1.54, 1.807) is 0 Å². The maximum atomic E-state index is 12.0. The molecule has 1 saturated heterocycles. The molecule has 0 aromatic heterocycles. The van der Waals surface area contributed by atoms with E-state index in [9.17, 15) is 19.2 Å². The van der Waals surface area contributed by atoms with E-state index in [4.69, 9.17) is 5.73 Å². The molecule has 2 aliphatic rings. The van der Waals surface area contributed by atoms with Gasteiger partial charge in [0.15, 0.2) is 0 Å². The molecular formula is C13H13N3O4. The van der Waals surface area contributed by atoms with Crippen molar-refractivity contribution in [2.75, 3.05) is 0 Å². The summed E-state index contributed by atoms with van der Waals surface area (Å²) in [6.45, 7) is 0. The second-order valence-electron chi connectivity index (χ2n) is 4.37. The predicted octanol–water partition coefficient (Wildman–Crippen LogP) is -0.885. The summed E-state index contributed by atoms with van der Waals surface area (Å²) in [7, 11) is 0. The van der Waals surface area contributed by atoms with Crippen molar-refractivity contribution in [1.82, 2.24) is 10.2 Å². The quantitative estimate of drug-likeness (QED) is 0.604. The molecule has 1 atom stereocenters. The van der Waals surface area contributed by atoms with Crippen LogP contribution in [0.15, 0.2) is 36.1 Å². The summed E-state index contributed by atoms with van der Waals surface area (Å²) in [5.74, 6) is -2.33. The number of allylic oxidation sites excluding steroid dienone is 3. The van der Waals surface area contributed by atoms with Gasteiger partial charge >= 0.3 is 0 Å². The fourth-order valence-electron chi connectivity index (χ4n) is 1.97. The number of nitrogens with one attached hydrogen (secondary N) is 1. The fraction of sp³-hybridized carbons (Fsp3) is 0.231. The van der Waals surface area contributed by atoms with Crippen molar-refractivity contribution in [3.05, 3.63) is 36.1 Å². The van der Waals surface area contributed by atoms with Gasteiger partial charge in [0.25, 0.3) is 11.8 Å². The third kappa shape index (κ3) is 2.82. The molecular weight excluding hydrogens is 262 g/mol. The number of nitrogens with zero attached hydrogens (tertiary/aromatic N) is 1. The minimum atomic E-state index is -0.985. The SMILES string of the molecule is NC1=C/C=C/C(=O)N(C2CCC(=O)NC2=O)C(=O)\C=C\1. The first-order chi connectivity index (χ1) is 9.49. The van der Waals surface area contributed by atoms with Crippen molar-refractivity contribution in [2.24, 2.45) is 5.73 Å². The molecule has 2 heterocycles. The van der Waals surface area contributed by atoms with Crippen LogP contribution in [0.25, 0.3) is 0 Å². The van der Waals surface area contributed by atoms with Gasteiger partial charge in [-0.3, -0.25) is 29.4 Å². The van der Waals surface area contributed by atoms with Gasteiger partial charge in [-0.25, -0.2) is 0 Å². The number of carbonyl (C=O) groups excluding carboxylic acids is 4. The Bertz CT molecular complexity index is 574. The molecule has 0 radical (unpaired) electrons. The molecule has 104 valence electrons. The Kier molecular flexibility index (Phi) is 3.79. The highest BCUT2D eigenvalue weighted by molar-refractivity contribution is 6.10. The summed E-state index contributed by atoms with van der Waals surface area (Å²) in [6.07, 6.45) is 6.70. The molecule has 20 heavy (non-hydrogen) atoms. The number of amides is 4. The standard InChI is InChI=1S/C13H13N3O4/c14-8-2-1-3-11(18)16(12(19)7-4-8)9-5-6-10(17)15-13(9)20/h1-4,7,9H,5-6,14H2,(H,15,17,20)/b3-1+,7-4+,8-2+. The summed E-state index contributed by atoms with van der Waals surface area (Å²) < 4.78 is 0. The second kappa shape index (κ2) is 5.52. The third-order valence-electron chi connectivity index (χ3n) is 2.94. The van der Waals surface area contributed by atoms with Crippen molar-refractivity contribution >= 4 is 23.6 Å². The molecule has 1 fully saturated rings. The highest BCUT2D eigenvalue weighted by Crippen LogP contribution is 2.15. The molecule has 2 rings (SSSR count). The molecule has 0 aromatic carbocycles. The summed E-state index contributed by atoms with van der Waals surface area (Å²) in [4.78, 5) is 47.8. The van der Waals surface area contributed by atoms with Crippen molar-refractivity contribution in [3.63, 3.8) is 0 Å². The zero-order chi connectivity index (χ0) is 14.7. The molecule has 0 aromatic rings. The zero-order valence-corrected chi connectivity index (χ0v) is 10.5. The Balaban J connectivity index is 2.31. The lowest BCUT2D eigenvalue weighted by atomic mass is 10.0. The number of carbonyl (C=O) groups is 4. The topological polar surface area (TPSA) is 110 Å². The lowest BCUT2D eigenvalue weighted by Gasteiger charge is -2.29. The van der Waals surface area contributed by atoms with Crippen LogP contribution in [0.3, 0.4) is 0 Å². The largest absolute Gasteiger partial charge is 0.399 e. The van der Waals surface area contributed by atoms with Crippen molar-refractivity contribution in [2.45, 2.75) is 18.9 Å². The van der Waals surface area contributed by atoms with Gasteiger partial charge in [0.2, 0.25) is 11.8 Å². The minimum absolute atomic E-state index is 0.0846. The van der Waals surface area contributed by atoms with Crippen LogP contribution in [-0.2, 0) is 19.2 Å². The lowest BCUT2D eigenvalue weighted by molar-refractivity contribution is -0.150. The van der Waals surface area contributed by atoms with Crippen LogP contribution in [-0.4, -0.2) is 34.6 Å². The van der Waals surface area contributed by atoms with Crippen LogP contribution in [0.4, 0.5) is 0 Å². The van der Waals surface area contributed by atoms with E-state index >= 15 is 0 Å². The fourth-order valence-corrected chi connectivity index (χ4v) is 1.97. The van der Waals surface area contributed by atoms with E-state index in [1.165, 1.54) is 18.2 Å². The monoisotopic (exact) mass is 275 g/mol. The summed E-state index contributed by atoms with van der Waals surface area (Å²) in [5.41, 5.74) is 5.88. The molecule has 0 spiro atoms. The Morgan fingerprint density at radius 1 is 1.10 bits per heavy atom. The van der Waals surface area contributed by atoms with Crippen molar-refractivity contribution in [1.29, 1.82) is 0 Å². The average molecular weight is 275 g/mol. The molecule has 0 aliphatic carbocycles. The van der Waals surface area contributed by atoms with Gasteiger partial charge in [0.05, 0.1) is 0 Å². The zero-order valence-electron chi connectivity index (χ0n) is 10.5. The van der Waals surface area contributed by atoms with Crippen molar-refractivity contribution in [3.8, 4) is 0 Å². The average Bonchev–Trinajstić information content (AvgIpc) is 2.43. The number of nitrogens with two attached hydrogens (primary N) is 1. The van der Waals surface area contributed by atoms with Crippen LogP contribution in [0, 0.1) is 0 Å². The minimum Gasteiger partial charge on any atom is -0.399 e. The Morgan fingerprint density at radius 3 is 2.50 bits per heavy atom. The van der Waals surface area contributed by atoms with Crippen LogP contribution in [0.2, 0.25) is 0 Å². The van der Waals surface area contributed by atoms with Gasteiger partial charge in [-0.1, -0.05) is 6.08 Å². The molecule has 7 nitrogen and oxygen atoms in total. The lowest BCUT2D eigenvalue weighted by Crippen LogP contribution is -2.55. The van der Waals surface area contributed by atoms with Gasteiger partial charge in [0.1, 0.15) is 6.04 Å². The van der Waals surface area contributed by atoms with E-state index in [0.717, 1.165) is 17.1 Å². The summed E-state index contributed by atoms with van der Waals surface area (Å²) in [6, 6.07) is -0.985. The van der Waals surface area contributed by atoms with E-state index in [0.29, 0.717) is 5.70 Å². The molecule has 7 heteroatoms. The van der Waals surface area contributed by atoms with E-state index in [2.05, 4.69) is 5.32 Å². The van der Waals surface area contributed by atoms with Gasteiger partial charge in [0, 0.05) is 24.3 Å². The molecule has 3 N–H and O–H groups in total. The van der Waals surface area contributed by atoms with Crippen molar-refractivity contribution < 1.29 is 19.2 Å². The summed E-state index contributed by atoms with van der Waals surface area (Å²) in [5, 5.41) is 2.12. The van der Waals surface area contributed by atoms with Gasteiger partial charge in [-0.15, -0.1) is 0 Å². The molecule has 0 saturated carbocycles. The Morgan fingerprint density at radius 2 is 1.80 bits per heavy atom. The maximum absolute atomic E-state index is 12.0. The first kappa shape index (κ1) is 13.7. The van der Waals surface area contributed by atoms with E-state index < -0.39 is 29.7 Å². The van der Waals surface area contributed by atoms with Gasteiger partial charge in [-0.05, 0) is 18.6 Å². The molecule has 0 bridgehead atoms. The molecule has 1 unspecified atom stereocenters. The third-order valence-corrected chi connectivity index (χ3v) is 2.94. The van der Waals surface area contributed by atoms with Crippen LogP contribution in [0.5, 0.6) is 0 Å². The van der Waals surface area contributed by atoms with Gasteiger partial charge < -0.3 is 5.73 Å². The number of piperidine rings is 1. The predicted molar refractivity (Wildman–Crippen MR) is 68.6 cm³/mol. The Hall–Kier alpha value is -2.70. The van der Waals surface area contributed by atoms with E-state index in [1.807, 2.05) is 0 Å². The maximum Gasteiger partial charge on any atom is 0.254 e. The normalized spacial score (nSPS) is 29.7. The van der Waals surface area contributed by atoms with E-state index in [-0.39, 0.29) is 12.8 Å².